The first-order chi connectivity index (χ1) is 12.8. The molecule has 1 atom stereocenters. The zero-order valence-corrected chi connectivity index (χ0v) is 15.6. The maximum Gasteiger partial charge on any atom is 0.119 e. The van der Waals surface area contributed by atoms with Crippen LogP contribution >= 0.6 is 0 Å². The van der Waals surface area contributed by atoms with Crippen LogP contribution in [0.4, 0.5) is 0 Å². The quantitative estimate of drug-likeness (QED) is 0.815. The second-order valence-corrected chi connectivity index (χ2v) is 7.32. The predicted molar refractivity (Wildman–Crippen MR) is 103 cm³/mol. The van der Waals surface area contributed by atoms with Gasteiger partial charge in [-0.1, -0.05) is 18.2 Å². The van der Waals surface area contributed by atoms with E-state index in [-0.39, 0.29) is 0 Å². The van der Waals surface area contributed by atoms with Crippen molar-refractivity contribution in [3.63, 3.8) is 0 Å². The Bertz CT molecular complexity index is 728. The normalized spacial score (nSPS) is 21.8. The molecule has 138 valence electrons. The fourth-order valence-electron chi connectivity index (χ4n) is 4.33. The Morgan fingerprint density at radius 3 is 2.81 bits per heavy atom. The fraction of sp³-hybridized carbons (Fsp3) is 0.500. The summed E-state index contributed by atoms with van der Waals surface area (Å²) in [6.07, 6.45) is 5.63. The van der Waals surface area contributed by atoms with Crippen molar-refractivity contribution in [1.29, 1.82) is 0 Å². The van der Waals surface area contributed by atoms with Crippen LogP contribution in [0.1, 0.15) is 48.7 Å². The molecule has 0 amide bonds. The Morgan fingerprint density at radius 2 is 1.96 bits per heavy atom. The highest BCUT2D eigenvalue weighted by atomic mass is 16.5. The van der Waals surface area contributed by atoms with Gasteiger partial charge in [-0.05, 0) is 62.1 Å². The van der Waals surface area contributed by atoms with E-state index in [1.807, 2.05) is 12.1 Å². The van der Waals surface area contributed by atoms with Gasteiger partial charge >= 0.3 is 0 Å². The smallest absolute Gasteiger partial charge is 0.119 e. The Kier molecular flexibility index (Phi) is 5.51. The number of pyridine rings is 1. The third kappa shape index (κ3) is 3.92. The highest BCUT2D eigenvalue weighted by Gasteiger charge is 2.33. The largest absolute Gasteiger partial charge is 0.497 e. The third-order valence-corrected chi connectivity index (χ3v) is 5.64. The zero-order chi connectivity index (χ0) is 17.8. The number of hydrogen-bond acceptors (Lipinski definition) is 4. The zero-order valence-electron chi connectivity index (χ0n) is 15.6. The topological polar surface area (TPSA) is 34.6 Å². The Hall–Kier alpha value is -1.91. The summed E-state index contributed by atoms with van der Waals surface area (Å²) in [5.41, 5.74) is 3.60. The Balaban J connectivity index is 1.51. The van der Waals surface area contributed by atoms with Crippen LogP contribution in [0.2, 0.25) is 0 Å². The Labute approximate surface area is 156 Å². The van der Waals surface area contributed by atoms with Gasteiger partial charge in [0.05, 0.1) is 18.8 Å². The highest BCUT2D eigenvalue weighted by Crippen LogP contribution is 2.35. The van der Waals surface area contributed by atoms with E-state index in [2.05, 4.69) is 35.2 Å². The lowest BCUT2D eigenvalue weighted by atomic mass is 10.0. The molecule has 2 aliphatic heterocycles. The molecule has 2 aromatic rings. The number of aromatic nitrogens is 1. The third-order valence-electron chi connectivity index (χ3n) is 5.64. The van der Waals surface area contributed by atoms with Crippen LogP contribution in [0.25, 0.3) is 0 Å². The summed E-state index contributed by atoms with van der Waals surface area (Å²) in [6.45, 7) is 2.99. The summed E-state index contributed by atoms with van der Waals surface area (Å²) in [5.74, 6) is 0.903. The molecule has 4 nitrogen and oxygen atoms in total. The van der Waals surface area contributed by atoms with Crippen LogP contribution in [-0.2, 0) is 11.2 Å². The molecule has 1 aromatic heterocycles. The molecule has 4 rings (SSSR count). The van der Waals surface area contributed by atoms with Crippen LogP contribution < -0.4 is 4.74 Å². The van der Waals surface area contributed by atoms with Crippen molar-refractivity contribution in [1.82, 2.24) is 9.88 Å². The van der Waals surface area contributed by atoms with Crippen molar-refractivity contribution < 1.29 is 9.47 Å². The van der Waals surface area contributed by atoms with Gasteiger partial charge in [-0.25, -0.2) is 0 Å². The molecule has 4 heteroatoms. The first-order valence-corrected chi connectivity index (χ1v) is 9.76. The van der Waals surface area contributed by atoms with Crippen LogP contribution in [0, 0.1) is 0 Å². The average molecular weight is 352 g/mol. The number of benzene rings is 1. The first-order valence-electron chi connectivity index (χ1n) is 9.76. The molecule has 1 aromatic carbocycles. The summed E-state index contributed by atoms with van der Waals surface area (Å²) in [6, 6.07) is 15.9. The standard InChI is InChI=1S/C22H28N2O2/c1-25-20-7-2-5-17(16-20)15-18-6-3-8-21(23-18)22-9-4-12-24(22)19-10-13-26-14-11-19/h2-3,5-8,16,19,22H,4,9-15H2,1H3. The van der Waals surface area contributed by atoms with Gasteiger partial charge in [0.1, 0.15) is 5.75 Å². The molecule has 0 spiro atoms. The summed E-state index contributed by atoms with van der Waals surface area (Å²) in [7, 11) is 1.71. The molecule has 0 aliphatic carbocycles. The summed E-state index contributed by atoms with van der Waals surface area (Å²) >= 11 is 0. The lowest BCUT2D eigenvalue weighted by Crippen LogP contribution is -2.39. The van der Waals surface area contributed by atoms with Crippen molar-refractivity contribution >= 4 is 0 Å². The van der Waals surface area contributed by atoms with Crippen LogP contribution in [0.3, 0.4) is 0 Å². The van der Waals surface area contributed by atoms with Gasteiger partial charge in [-0.3, -0.25) is 9.88 Å². The highest BCUT2D eigenvalue weighted by molar-refractivity contribution is 5.31. The second-order valence-electron chi connectivity index (χ2n) is 7.32. The minimum atomic E-state index is 0.461. The molecule has 3 heterocycles. The van der Waals surface area contributed by atoms with Crippen LogP contribution in [0.15, 0.2) is 42.5 Å². The first kappa shape index (κ1) is 17.5. The van der Waals surface area contributed by atoms with Gasteiger partial charge in [-0.15, -0.1) is 0 Å². The van der Waals surface area contributed by atoms with Crippen molar-refractivity contribution in [3.05, 3.63) is 59.4 Å². The molecule has 2 saturated heterocycles. The molecule has 26 heavy (non-hydrogen) atoms. The van der Waals surface area contributed by atoms with E-state index in [9.17, 15) is 0 Å². The summed E-state index contributed by atoms with van der Waals surface area (Å²) in [5, 5.41) is 0. The van der Waals surface area contributed by atoms with Gasteiger partial charge in [0.15, 0.2) is 0 Å². The molecule has 0 bridgehead atoms. The Morgan fingerprint density at radius 1 is 1.12 bits per heavy atom. The maximum atomic E-state index is 5.55. The van der Waals surface area contributed by atoms with E-state index in [1.165, 1.54) is 30.6 Å². The summed E-state index contributed by atoms with van der Waals surface area (Å²) in [4.78, 5) is 7.72. The maximum absolute atomic E-state index is 5.55. The number of likely N-dealkylation sites (tertiary alicyclic amines) is 1. The van der Waals surface area contributed by atoms with Crippen molar-refractivity contribution in [2.45, 2.75) is 44.2 Å². The minimum absolute atomic E-state index is 0.461. The van der Waals surface area contributed by atoms with Crippen LogP contribution in [0.5, 0.6) is 5.75 Å². The molecule has 0 radical (unpaired) electrons. The number of nitrogens with zero attached hydrogens (tertiary/aromatic N) is 2. The summed E-state index contributed by atoms with van der Waals surface area (Å²) < 4.78 is 10.9. The van der Waals surface area contributed by atoms with Crippen molar-refractivity contribution in [2.75, 3.05) is 26.9 Å². The fourth-order valence-corrected chi connectivity index (χ4v) is 4.33. The van der Waals surface area contributed by atoms with Crippen molar-refractivity contribution in [2.24, 2.45) is 0 Å². The van der Waals surface area contributed by atoms with Gasteiger partial charge < -0.3 is 9.47 Å². The minimum Gasteiger partial charge on any atom is -0.497 e. The van der Waals surface area contributed by atoms with Gasteiger partial charge in [0, 0.05) is 31.4 Å². The molecular weight excluding hydrogens is 324 g/mol. The SMILES string of the molecule is COc1cccc(Cc2cccc(C3CCCN3C3CCOCC3)n2)c1. The van der Waals surface area contributed by atoms with Crippen molar-refractivity contribution in [3.8, 4) is 5.75 Å². The molecule has 2 aliphatic rings. The van der Waals surface area contributed by atoms with Gasteiger partial charge in [-0.2, -0.15) is 0 Å². The number of rotatable bonds is 5. The molecular formula is C22H28N2O2. The lowest BCUT2D eigenvalue weighted by Gasteiger charge is -2.35. The molecule has 0 N–H and O–H groups in total. The number of methoxy groups -OCH3 is 1. The van der Waals surface area contributed by atoms with E-state index in [0.717, 1.165) is 43.9 Å². The van der Waals surface area contributed by atoms with Gasteiger partial charge in [0.2, 0.25) is 0 Å². The van der Waals surface area contributed by atoms with E-state index in [4.69, 9.17) is 14.5 Å². The monoisotopic (exact) mass is 352 g/mol. The number of hydrogen-bond donors (Lipinski definition) is 0. The number of ether oxygens (including phenoxy) is 2. The lowest BCUT2D eigenvalue weighted by molar-refractivity contribution is 0.0285. The molecule has 0 saturated carbocycles. The van der Waals surface area contributed by atoms with E-state index >= 15 is 0 Å². The predicted octanol–water partition coefficient (Wildman–Crippen LogP) is 4.00. The second kappa shape index (κ2) is 8.19. The van der Waals surface area contributed by atoms with Gasteiger partial charge in [0.25, 0.3) is 0 Å². The van der Waals surface area contributed by atoms with E-state index in [0.29, 0.717) is 12.1 Å². The van der Waals surface area contributed by atoms with Crippen LogP contribution in [-0.4, -0.2) is 42.8 Å². The van der Waals surface area contributed by atoms with E-state index < -0.39 is 0 Å². The molecule has 1 unspecified atom stereocenters. The average Bonchev–Trinajstić information content (AvgIpc) is 3.19. The van der Waals surface area contributed by atoms with E-state index in [1.54, 1.807) is 7.11 Å². The molecule has 2 fully saturated rings.